The predicted molar refractivity (Wildman–Crippen MR) is 89.9 cm³/mol. The van der Waals surface area contributed by atoms with Gasteiger partial charge < -0.3 is 14.3 Å². The SMILES string of the molecule is Cc1cc(C(=O)N2CCCN(C(=O)CCCc3cn[nH]c3)CC2)no1. The van der Waals surface area contributed by atoms with Crippen LogP contribution in [0.25, 0.3) is 0 Å². The van der Waals surface area contributed by atoms with E-state index in [1.165, 1.54) is 0 Å². The molecule has 2 aromatic heterocycles. The number of rotatable bonds is 5. The molecule has 1 aliphatic heterocycles. The normalized spacial score (nSPS) is 15.2. The number of hydrogen-bond donors (Lipinski definition) is 1. The lowest BCUT2D eigenvalue weighted by Crippen LogP contribution is -2.37. The summed E-state index contributed by atoms with van der Waals surface area (Å²) in [5.41, 5.74) is 1.45. The molecule has 0 radical (unpaired) electrons. The lowest BCUT2D eigenvalue weighted by molar-refractivity contribution is -0.131. The van der Waals surface area contributed by atoms with Crippen LogP contribution in [-0.4, -0.2) is 63.1 Å². The maximum Gasteiger partial charge on any atom is 0.276 e. The molecule has 0 unspecified atom stereocenters. The van der Waals surface area contributed by atoms with Gasteiger partial charge in [-0.05, 0) is 31.7 Å². The summed E-state index contributed by atoms with van der Waals surface area (Å²) < 4.78 is 4.97. The fraction of sp³-hybridized carbons (Fsp3) is 0.529. The Bertz CT molecular complexity index is 710. The summed E-state index contributed by atoms with van der Waals surface area (Å²) in [5.74, 6) is 0.633. The number of aryl methyl sites for hydroxylation is 2. The Morgan fingerprint density at radius 1 is 1.24 bits per heavy atom. The molecule has 8 nitrogen and oxygen atoms in total. The van der Waals surface area contributed by atoms with Gasteiger partial charge in [-0.25, -0.2) is 0 Å². The van der Waals surface area contributed by atoms with E-state index in [2.05, 4.69) is 15.4 Å². The number of carbonyl (C=O) groups excluding carboxylic acids is 2. The van der Waals surface area contributed by atoms with Crippen molar-refractivity contribution in [2.24, 2.45) is 0 Å². The third-order valence-corrected chi connectivity index (χ3v) is 4.39. The lowest BCUT2D eigenvalue weighted by Gasteiger charge is -2.21. The average Bonchev–Trinajstić information content (AvgIpc) is 3.20. The molecular weight excluding hydrogens is 322 g/mol. The second-order valence-corrected chi connectivity index (χ2v) is 6.31. The molecule has 0 atom stereocenters. The highest BCUT2D eigenvalue weighted by Gasteiger charge is 2.24. The average molecular weight is 345 g/mol. The molecular formula is C17H23N5O3. The monoisotopic (exact) mass is 345 g/mol. The number of nitrogens with zero attached hydrogens (tertiary/aromatic N) is 4. The van der Waals surface area contributed by atoms with Gasteiger partial charge in [0.2, 0.25) is 5.91 Å². The number of hydrogen-bond acceptors (Lipinski definition) is 5. The van der Waals surface area contributed by atoms with E-state index in [9.17, 15) is 9.59 Å². The molecule has 0 spiro atoms. The summed E-state index contributed by atoms with van der Waals surface area (Å²) >= 11 is 0. The molecule has 3 rings (SSSR count). The number of carbonyl (C=O) groups is 2. The molecule has 0 aliphatic carbocycles. The van der Waals surface area contributed by atoms with Gasteiger partial charge in [-0.15, -0.1) is 0 Å². The first-order valence-corrected chi connectivity index (χ1v) is 8.61. The van der Waals surface area contributed by atoms with Crippen LogP contribution in [0.1, 0.15) is 41.1 Å². The van der Waals surface area contributed by atoms with Gasteiger partial charge in [-0.3, -0.25) is 14.7 Å². The Kier molecular flexibility index (Phi) is 5.47. The molecule has 8 heteroatoms. The van der Waals surface area contributed by atoms with Crippen LogP contribution in [0.2, 0.25) is 0 Å². The minimum absolute atomic E-state index is 0.133. The first kappa shape index (κ1) is 17.2. The quantitative estimate of drug-likeness (QED) is 0.884. The highest BCUT2D eigenvalue weighted by atomic mass is 16.5. The third kappa shape index (κ3) is 4.46. The summed E-state index contributed by atoms with van der Waals surface area (Å²) in [4.78, 5) is 28.4. The highest BCUT2D eigenvalue weighted by Crippen LogP contribution is 2.12. The van der Waals surface area contributed by atoms with Crippen LogP contribution in [0.5, 0.6) is 0 Å². The van der Waals surface area contributed by atoms with Gasteiger partial charge in [0, 0.05) is 44.9 Å². The zero-order valence-corrected chi connectivity index (χ0v) is 14.4. The van der Waals surface area contributed by atoms with E-state index in [0.717, 1.165) is 24.8 Å². The van der Waals surface area contributed by atoms with Crippen LogP contribution < -0.4 is 0 Å². The zero-order chi connectivity index (χ0) is 17.6. The van der Waals surface area contributed by atoms with Crippen molar-refractivity contribution in [3.05, 3.63) is 35.5 Å². The van der Waals surface area contributed by atoms with Crippen molar-refractivity contribution >= 4 is 11.8 Å². The van der Waals surface area contributed by atoms with E-state index in [1.807, 2.05) is 11.1 Å². The molecule has 2 aromatic rings. The van der Waals surface area contributed by atoms with Crippen molar-refractivity contribution in [1.82, 2.24) is 25.2 Å². The summed E-state index contributed by atoms with van der Waals surface area (Å²) in [6.07, 6.45) is 6.57. The fourth-order valence-electron chi connectivity index (χ4n) is 3.02. The first-order valence-electron chi connectivity index (χ1n) is 8.61. The fourth-order valence-corrected chi connectivity index (χ4v) is 3.02. The lowest BCUT2D eigenvalue weighted by atomic mass is 10.1. The van der Waals surface area contributed by atoms with E-state index in [4.69, 9.17) is 4.52 Å². The van der Waals surface area contributed by atoms with Gasteiger partial charge in [0.25, 0.3) is 5.91 Å². The number of nitrogens with one attached hydrogen (secondary N) is 1. The third-order valence-electron chi connectivity index (χ3n) is 4.39. The van der Waals surface area contributed by atoms with E-state index in [1.54, 1.807) is 24.1 Å². The molecule has 134 valence electrons. The number of aromatic amines is 1. The number of amides is 2. The van der Waals surface area contributed by atoms with Gasteiger partial charge in [-0.1, -0.05) is 5.16 Å². The van der Waals surface area contributed by atoms with Crippen molar-refractivity contribution in [1.29, 1.82) is 0 Å². The summed E-state index contributed by atoms with van der Waals surface area (Å²) in [6, 6.07) is 1.64. The van der Waals surface area contributed by atoms with Gasteiger partial charge in [0.05, 0.1) is 6.20 Å². The molecule has 0 aromatic carbocycles. The van der Waals surface area contributed by atoms with Crippen LogP contribution in [0.4, 0.5) is 0 Å². The number of H-pyrrole nitrogens is 1. The second kappa shape index (κ2) is 7.96. The smallest absolute Gasteiger partial charge is 0.276 e. The van der Waals surface area contributed by atoms with Crippen LogP contribution in [-0.2, 0) is 11.2 Å². The van der Waals surface area contributed by atoms with E-state index in [-0.39, 0.29) is 11.8 Å². The van der Waals surface area contributed by atoms with E-state index >= 15 is 0 Å². The van der Waals surface area contributed by atoms with Crippen LogP contribution in [0.15, 0.2) is 23.0 Å². The van der Waals surface area contributed by atoms with Crippen LogP contribution >= 0.6 is 0 Å². The standard InChI is InChI=1S/C17H23N5O3/c1-13-10-15(20-25-13)17(24)22-7-3-6-21(8-9-22)16(23)5-2-4-14-11-18-19-12-14/h10-12H,2-9H2,1H3,(H,18,19). The van der Waals surface area contributed by atoms with Gasteiger partial charge >= 0.3 is 0 Å². The highest BCUT2D eigenvalue weighted by molar-refractivity contribution is 5.92. The van der Waals surface area contributed by atoms with Crippen LogP contribution in [0, 0.1) is 6.92 Å². The Labute approximate surface area is 146 Å². The van der Waals surface area contributed by atoms with Gasteiger partial charge in [-0.2, -0.15) is 5.10 Å². The maximum absolute atomic E-state index is 12.4. The van der Waals surface area contributed by atoms with Crippen molar-refractivity contribution in [2.45, 2.75) is 32.6 Å². The second-order valence-electron chi connectivity index (χ2n) is 6.31. The summed E-state index contributed by atoms with van der Waals surface area (Å²) in [6.45, 7) is 4.16. The van der Waals surface area contributed by atoms with Gasteiger partial charge in [0.1, 0.15) is 5.76 Å². The molecule has 1 fully saturated rings. The molecule has 2 amide bonds. The van der Waals surface area contributed by atoms with Crippen molar-refractivity contribution < 1.29 is 14.1 Å². The summed E-state index contributed by atoms with van der Waals surface area (Å²) in [7, 11) is 0. The number of aromatic nitrogens is 3. The predicted octanol–water partition coefficient (Wildman–Crippen LogP) is 1.40. The topological polar surface area (TPSA) is 95.3 Å². The largest absolute Gasteiger partial charge is 0.361 e. The Morgan fingerprint density at radius 3 is 2.76 bits per heavy atom. The maximum atomic E-state index is 12.4. The zero-order valence-electron chi connectivity index (χ0n) is 14.4. The Hall–Kier alpha value is -2.64. The van der Waals surface area contributed by atoms with E-state index < -0.39 is 0 Å². The minimum atomic E-state index is -0.133. The molecule has 3 heterocycles. The van der Waals surface area contributed by atoms with Crippen molar-refractivity contribution in [3.63, 3.8) is 0 Å². The molecule has 0 saturated carbocycles. The molecule has 25 heavy (non-hydrogen) atoms. The molecule has 1 aliphatic rings. The van der Waals surface area contributed by atoms with Crippen molar-refractivity contribution in [2.75, 3.05) is 26.2 Å². The molecule has 0 bridgehead atoms. The van der Waals surface area contributed by atoms with Gasteiger partial charge in [0.15, 0.2) is 5.69 Å². The summed E-state index contributed by atoms with van der Waals surface area (Å²) in [5, 5.41) is 10.5. The van der Waals surface area contributed by atoms with Crippen molar-refractivity contribution in [3.8, 4) is 0 Å². The molecule has 1 saturated heterocycles. The van der Waals surface area contributed by atoms with E-state index in [0.29, 0.717) is 44.1 Å². The molecule has 1 N–H and O–H groups in total. The Balaban J connectivity index is 1.47. The minimum Gasteiger partial charge on any atom is -0.361 e. The Morgan fingerprint density at radius 2 is 2.04 bits per heavy atom. The first-order chi connectivity index (χ1) is 12.1. The van der Waals surface area contributed by atoms with Crippen LogP contribution in [0.3, 0.4) is 0 Å².